The second-order valence-electron chi connectivity index (χ2n) is 13.9. The molecule has 0 rings (SSSR count). The minimum absolute atomic E-state index is 0.000436. The number of rotatable bonds is 35. The van der Waals surface area contributed by atoms with Crippen LogP contribution < -0.4 is 0 Å². The fourth-order valence-corrected chi connectivity index (χ4v) is 6.10. The number of thioether (sulfide) groups is 3. The maximum Gasteiger partial charge on any atom is 0.330 e. The van der Waals surface area contributed by atoms with Crippen LogP contribution in [0.3, 0.4) is 0 Å². The first-order chi connectivity index (χ1) is 28.9. The third kappa shape index (κ3) is 34.1. The molecule has 0 saturated heterocycles. The van der Waals surface area contributed by atoms with Gasteiger partial charge in [-0.25, -0.2) is 9.59 Å². The summed E-state index contributed by atoms with van der Waals surface area (Å²) >= 11 is 3.36. The van der Waals surface area contributed by atoms with Gasteiger partial charge in [0.25, 0.3) is 0 Å². The van der Waals surface area contributed by atoms with Crippen molar-refractivity contribution in [1.82, 2.24) is 0 Å². The molecule has 0 atom stereocenters. The molecule has 18 nitrogen and oxygen atoms in total. The van der Waals surface area contributed by atoms with Crippen molar-refractivity contribution in [3.63, 3.8) is 0 Å². The molecule has 0 aliphatic heterocycles. The first kappa shape index (κ1) is 56.8. The average molecular weight is 925 g/mol. The van der Waals surface area contributed by atoms with E-state index in [-0.39, 0.29) is 137 Å². The van der Waals surface area contributed by atoms with Crippen molar-refractivity contribution in [2.24, 2.45) is 10.8 Å². The summed E-state index contributed by atoms with van der Waals surface area (Å²) in [4.78, 5) is 108. The van der Waals surface area contributed by atoms with E-state index in [4.69, 9.17) is 42.6 Å². The summed E-state index contributed by atoms with van der Waals surface area (Å²) in [7, 11) is 0. The van der Waals surface area contributed by atoms with Gasteiger partial charge in [-0.2, -0.15) is 0 Å². The normalized spacial score (nSPS) is 11.0. The Morgan fingerprint density at radius 1 is 0.443 bits per heavy atom. The summed E-state index contributed by atoms with van der Waals surface area (Å²) in [6.45, 7) is 12.8. The summed E-state index contributed by atoms with van der Waals surface area (Å²) in [5.41, 5.74) is -1.13. The van der Waals surface area contributed by atoms with E-state index in [1.54, 1.807) is 6.92 Å². The number of carbonyl (C=O) groups is 9. The Morgan fingerprint density at radius 2 is 0.738 bits per heavy atom. The largest absolute Gasteiger partial charge is 0.464 e. The molecule has 0 N–H and O–H groups in total. The van der Waals surface area contributed by atoms with Gasteiger partial charge in [-0.05, 0) is 18.3 Å². The summed E-state index contributed by atoms with van der Waals surface area (Å²) in [5.74, 6) is -4.81. The molecule has 0 saturated carbocycles. The van der Waals surface area contributed by atoms with Crippen LogP contribution in [0, 0.1) is 10.8 Å². The van der Waals surface area contributed by atoms with Crippen LogP contribution in [-0.4, -0.2) is 148 Å². The number of esters is 9. The maximum atomic E-state index is 12.7. The Morgan fingerprint density at radius 3 is 1.02 bits per heavy atom. The van der Waals surface area contributed by atoms with Gasteiger partial charge in [0.2, 0.25) is 0 Å². The van der Waals surface area contributed by atoms with E-state index in [1.807, 2.05) is 20.8 Å². The second kappa shape index (κ2) is 34.4. The SMILES string of the molecule is C=CC(=O)OCCOC(=O)CCSCC(=O)OCC(CC)(COC(=O)CSCCC(=O)OCCOC(=O)C=C)COC(=O)CSCCC(=O)OCCOC(=O)CCC(C)(C)C. The molecule has 0 aromatic carbocycles. The third-order valence-corrected chi connectivity index (χ3v) is 10.4. The van der Waals surface area contributed by atoms with E-state index in [0.717, 1.165) is 47.4 Å². The summed E-state index contributed by atoms with van der Waals surface area (Å²) in [6.07, 6.45) is 3.13. The monoisotopic (exact) mass is 924 g/mol. The van der Waals surface area contributed by atoms with Crippen LogP contribution in [0.15, 0.2) is 25.3 Å². The van der Waals surface area contributed by atoms with E-state index in [9.17, 15) is 43.2 Å². The molecule has 0 spiro atoms. The smallest absolute Gasteiger partial charge is 0.330 e. The lowest BCUT2D eigenvalue weighted by molar-refractivity contribution is -0.159. The van der Waals surface area contributed by atoms with Crippen molar-refractivity contribution in [1.29, 1.82) is 0 Å². The molecule has 0 aliphatic carbocycles. The lowest BCUT2D eigenvalue weighted by Gasteiger charge is -2.31. The van der Waals surface area contributed by atoms with Gasteiger partial charge < -0.3 is 42.6 Å². The average Bonchev–Trinajstić information content (AvgIpc) is 3.23. The molecule has 0 aromatic rings. The lowest BCUT2D eigenvalue weighted by atomic mass is 9.88. The first-order valence-corrected chi connectivity index (χ1v) is 22.8. The number of ether oxygens (including phenoxy) is 9. The van der Waals surface area contributed by atoms with Crippen LogP contribution in [-0.2, 0) is 85.8 Å². The van der Waals surface area contributed by atoms with Crippen LogP contribution in [0.4, 0.5) is 0 Å². The van der Waals surface area contributed by atoms with Crippen LogP contribution in [0.25, 0.3) is 0 Å². The topological polar surface area (TPSA) is 237 Å². The molecule has 0 amide bonds. The fraction of sp³-hybridized carbons (Fsp3) is 0.675. The Bertz CT molecular complexity index is 1360. The van der Waals surface area contributed by atoms with Crippen LogP contribution >= 0.6 is 35.3 Å². The minimum atomic E-state index is -1.13. The summed E-state index contributed by atoms with van der Waals surface area (Å²) < 4.78 is 46.0. The van der Waals surface area contributed by atoms with E-state index in [0.29, 0.717) is 6.42 Å². The zero-order valence-corrected chi connectivity index (χ0v) is 37.9. The van der Waals surface area contributed by atoms with Gasteiger partial charge in [0.05, 0.1) is 41.9 Å². The van der Waals surface area contributed by atoms with Gasteiger partial charge in [0.15, 0.2) is 0 Å². The molecule has 0 bridgehead atoms. The standard InChI is InChI=1S/C40H60O18S3/c1-7-30(41)50-15-17-53-33(44)11-21-59-24-36(47)56-27-40(9-3,28-57-37(48)25-60-22-12-34(45)54-18-16-51-31(42)8-2)29-58-38(49)26-61-23-13-35(46)55-20-19-52-32(43)10-14-39(4,5)6/h7-8H,1-2,9-29H2,3-6H3. The molecular formula is C40H60O18S3. The van der Waals surface area contributed by atoms with Crippen molar-refractivity contribution in [2.45, 2.75) is 66.2 Å². The molecular weight excluding hydrogens is 865 g/mol. The van der Waals surface area contributed by atoms with Crippen LogP contribution in [0.5, 0.6) is 0 Å². The van der Waals surface area contributed by atoms with Gasteiger partial charge in [-0.1, -0.05) is 40.9 Å². The van der Waals surface area contributed by atoms with Crippen molar-refractivity contribution in [3.8, 4) is 0 Å². The zero-order valence-electron chi connectivity index (χ0n) is 35.5. The quantitative estimate of drug-likeness (QED) is 0.0380. The molecule has 0 unspecified atom stereocenters. The van der Waals surface area contributed by atoms with Gasteiger partial charge in [0, 0.05) is 35.8 Å². The predicted molar refractivity (Wildman–Crippen MR) is 226 cm³/mol. The molecule has 21 heteroatoms. The summed E-state index contributed by atoms with van der Waals surface area (Å²) in [5, 5.41) is 0. The molecule has 0 aromatic heterocycles. The molecule has 0 aliphatic rings. The van der Waals surface area contributed by atoms with Crippen molar-refractivity contribution >= 4 is 89.0 Å². The number of hydrogen-bond acceptors (Lipinski definition) is 21. The Hall–Kier alpha value is -4.24. The zero-order chi connectivity index (χ0) is 45.9. The lowest BCUT2D eigenvalue weighted by Crippen LogP contribution is -2.39. The fourth-order valence-electron chi connectivity index (χ4n) is 3.98. The molecule has 0 heterocycles. The van der Waals surface area contributed by atoms with Gasteiger partial charge >= 0.3 is 53.7 Å². The predicted octanol–water partition coefficient (Wildman–Crippen LogP) is 3.84. The van der Waals surface area contributed by atoms with E-state index in [1.165, 1.54) is 0 Å². The molecule has 346 valence electrons. The Balaban J connectivity index is 4.93. The second-order valence-corrected chi connectivity index (χ2v) is 17.2. The highest BCUT2D eigenvalue weighted by Gasteiger charge is 2.34. The Labute approximate surface area is 369 Å². The van der Waals surface area contributed by atoms with Gasteiger partial charge in [-0.3, -0.25) is 33.6 Å². The van der Waals surface area contributed by atoms with Crippen LogP contribution in [0.1, 0.15) is 66.2 Å². The van der Waals surface area contributed by atoms with Crippen molar-refractivity contribution in [3.05, 3.63) is 25.3 Å². The highest BCUT2D eigenvalue weighted by atomic mass is 32.2. The first-order valence-electron chi connectivity index (χ1n) is 19.3. The molecule has 0 radical (unpaired) electrons. The minimum Gasteiger partial charge on any atom is -0.464 e. The van der Waals surface area contributed by atoms with Gasteiger partial charge in [0.1, 0.15) is 59.5 Å². The van der Waals surface area contributed by atoms with Crippen LogP contribution in [0.2, 0.25) is 0 Å². The Kier molecular flexibility index (Phi) is 32.0. The van der Waals surface area contributed by atoms with E-state index >= 15 is 0 Å². The number of hydrogen-bond donors (Lipinski definition) is 0. The van der Waals surface area contributed by atoms with Crippen molar-refractivity contribution in [2.75, 3.05) is 94.0 Å². The van der Waals surface area contributed by atoms with E-state index < -0.39 is 53.2 Å². The number of carbonyl (C=O) groups excluding carboxylic acids is 9. The molecule has 0 fully saturated rings. The highest BCUT2D eigenvalue weighted by Crippen LogP contribution is 2.25. The van der Waals surface area contributed by atoms with E-state index in [2.05, 4.69) is 13.2 Å². The third-order valence-electron chi connectivity index (χ3n) is 7.58. The summed E-state index contributed by atoms with van der Waals surface area (Å²) in [6, 6.07) is 0. The highest BCUT2D eigenvalue weighted by molar-refractivity contribution is 8.00. The molecule has 61 heavy (non-hydrogen) atoms. The van der Waals surface area contributed by atoms with Crippen molar-refractivity contribution < 1.29 is 85.8 Å². The van der Waals surface area contributed by atoms with Gasteiger partial charge in [-0.15, -0.1) is 35.3 Å². The maximum absolute atomic E-state index is 12.7.